The number of piperazine rings is 1. The van der Waals surface area contributed by atoms with Crippen LogP contribution in [0, 0.1) is 0 Å². The Kier molecular flexibility index (Phi) is 12.5. The second kappa shape index (κ2) is 15.3. The molecule has 0 aliphatic carbocycles. The highest BCUT2D eigenvalue weighted by Gasteiger charge is 2.58. The van der Waals surface area contributed by atoms with Crippen molar-refractivity contribution in [2.45, 2.75) is 90.6 Å². The summed E-state index contributed by atoms with van der Waals surface area (Å²) in [5.74, 6) is -1.16. The Bertz CT molecular complexity index is 1200. The summed E-state index contributed by atoms with van der Waals surface area (Å²) in [5, 5.41) is 12.4. The number of carboxylic acid groups (broad SMARTS) is 1. The van der Waals surface area contributed by atoms with Crippen LogP contribution in [0.1, 0.15) is 73.3 Å². The number of nitrogens with one attached hydrogen (secondary N) is 1. The van der Waals surface area contributed by atoms with Crippen molar-refractivity contribution in [2.75, 3.05) is 63.5 Å². The van der Waals surface area contributed by atoms with Gasteiger partial charge < -0.3 is 29.3 Å². The summed E-state index contributed by atoms with van der Waals surface area (Å²) in [6.45, 7) is 16.7. The number of unbranched alkanes of at least 4 members (excludes halogenated alkanes) is 1. The van der Waals surface area contributed by atoms with Crippen molar-refractivity contribution >= 4 is 31.2 Å². The number of ether oxygens (including phenoxy) is 2. The summed E-state index contributed by atoms with van der Waals surface area (Å²) >= 11 is 0. The molecule has 0 aromatic heterocycles. The van der Waals surface area contributed by atoms with E-state index in [2.05, 4.69) is 27.2 Å². The summed E-state index contributed by atoms with van der Waals surface area (Å²) < 4.78 is 31.0. The SMILES string of the molecule is CCOP1(=O)CCN(Cc2ccccc2N2CCNCC2)CC1(CCCCN(C(=O)OC(C)(C)C)C(=O)OC(C)(C)C)C(=O)O. The van der Waals surface area contributed by atoms with Gasteiger partial charge in [0.2, 0.25) is 7.37 Å². The average Bonchev–Trinajstić information content (AvgIpc) is 2.93. The van der Waals surface area contributed by atoms with Crippen LogP contribution in [0.4, 0.5) is 15.3 Å². The number of hydrogen-bond donors (Lipinski definition) is 2. The number of nitrogens with zero attached hydrogens (tertiary/aromatic N) is 3. The first kappa shape index (κ1) is 36.8. The quantitative estimate of drug-likeness (QED) is 0.235. The van der Waals surface area contributed by atoms with E-state index in [1.54, 1.807) is 48.5 Å². The van der Waals surface area contributed by atoms with Gasteiger partial charge in [0.15, 0.2) is 5.16 Å². The lowest BCUT2D eigenvalue weighted by atomic mass is 9.99. The highest BCUT2D eigenvalue weighted by Crippen LogP contribution is 2.63. The van der Waals surface area contributed by atoms with Crippen LogP contribution in [-0.4, -0.2) is 108 Å². The zero-order chi connectivity index (χ0) is 33.5. The number of carbonyl (C=O) groups is 3. The van der Waals surface area contributed by atoms with Crippen molar-refractivity contribution < 1.29 is 38.1 Å². The van der Waals surface area contributed by atoms with Gasteiger partial charge in [0.1, 0.15) is 11.2 Å². The van der Waals surface area contributed by atoms with Crippen LogP contribution in [0.25, 0.3) is 0 Å². The standard InChI is InChI=1S/C32H53N4O8P/c1-8-42-45(41)22-21-34(23-25-13-9-10-14-26(25)35-19-16-33-17-20-35)24-32(45,27(37)38)15-11-12-18-36(28(39)43-30(2,3)4)29(40)44-31(5,6)7/h9-10,13-14,33H,8,11-12,15-24H2,1-7H3,(H,37,38). The van der Waals surface area contributed by atoms with Crippen LogP contribution in [0.2, 0.25) is 0 Å². The van der Waals surface area contributed by atoms with Gasteiger partial charge in [-0.1, -0.05) is 18.2 Å². The van der Waals surface area contributed by atoms with Crippen LogP contribution in [0.15, 0.2) is 24.3 Å². The number of aliphatic carboxylic acids is 1. The minimum Gasteiger partial charge on any atom is -0.480 e. The third-order valence-corrected chi connectivity index (χ3v) is 11.2. The van der Waals surface area contributed by atoms with E-state index in [1.807, 2.05) is 12.1 Å². The van der Waals surface area contributed by atoms with Crippen LogP contribution in [0.5, 0.6) is 0 Å². The molecule has 2 fully saturated rings. The number of carbonyl (C=O) groups excluding carboxylic acids is 2. The lowest BCUT2D eigenvalue weighted by Crippen LogP contribution is -2.54. The summed E-state index contributed by atoms with van der Waals surface area (Å²) in [4.78, 5) is 44.3. The molecule has 2 saturated heterocycles. The lowest BCUT2D eigenvalue weighted by molar-refractivity contribution is -0.141. The number of anilines is 1. The van der Waals surface area contributed by atoms with Gasteiger partial charge in [-0.15, -0.1) is 0 Å². The summed E-state index contributed by atoms with van der Waals surface area (Å²) in [6.07, 6.45) is -0.924. The van der Waals surface area contributed by atoms with Gasteiger partial charge >= 0.3 is 18.2 Å². The topological polar surface area (TPSA) is 138 Å². The van der Waals surface area contributed by atoms with Gasteiger partial charge in [-0.25, -0.2) is 14.5 Å². The van der Waals surface area contributed by atoms with E-state index in [-0.39, 0.29) is 45.1 Å². The van der Waals surface area contributed by atoms with E-state index in [0.29, 0.717) is 13.1 Å². The predicted molar refractivity (Wildman–Crippen MR) is 174 cm³/mol. The van der Waals surface area contributed by atoms with Gasteiger partial charge in [0, 0.05) is 64.2 Å². The molecule has 12 nitrogen and oxygen atoms in total. The van der Waals surface area contributed by atoms with Crippen molar-refractivity contribution in [3.8, 4) is 0 Å². The molecule has 2 heterocycles. The molecular weight excluding hydrogens is 599 g/mol. The molecule has 1 aromatic rings. The van der Waals surface area contributed by atoms with Crippen LogP contribution in [-0.2, 0) is 29.9 Å². The molecule has 2 N–H and O–H groups in total. The summed E-state index contributed by atoms with van der Waals surface area (Å²) in [6, 6.07) is 8.17. The minimum absolute atomic E-state index is 0.0414. The van der Waals surface area contributed by atoms with Crippen LogP contribution >= 0.6 is 7.37 Å². The maximum Gasteiger partial charge on any atom is 0.419 e. The second-order valence-electron chi connectivity index (χ2n) is 13.8. The first-order valence-corrected chi connectivity index (χ1v) is 17.8. The molecule has 2 aliphatic rings. The van der Waals surface area contributed by atoms with Crippen molar-refractivity contribution in [1.29, 1.82) is 0 Å². The predicted octanol–water partition coefficient (Wildman–Crippen LogP) is 5.39. The Morgan fingerprint density at radius 1 is 0.978 bits per heavy atom. The molecule has 0 saturated carbocycles. The fraction of sp³-hybridized carbons (Fsp3) is 0.719. The van der Waals surface area contributed by atoms with E-state index in [1.165, 1.54) is 0 Å². The van der Waals surface area contributed by atoms with Crippen molar-refractivity contribution in [3.05, 3.63) is 29.8 Å². The Balaban J connectivity index is 1.79. The fourth-order valence-electron chi connectivity index (χ4n) is 5.82. The van der Waals surface area contributed by atoms with Crippen molar-refractivity contribution in [1.82, 2.24) is 15.1 Å². The number of rotatable bonds is 11. The third kappa shape index (κ3) is 9.91. The van der Waals surface area contributed by atoms with E-state index in [4.69, 9.17) is 14.0 Å². The molecule has 2 aliphatic heterocycles. The maximum absolute atomic E-state index is 14.3. The third-order valence-electron chi connectivity index (χ3n) is 7.88. The molecular formula is C32H53N4O8P. The van der Waals surface area contributed by atoms with Gasteiger partial charge in [-0.3, -0.25) is 14.3 Å². The molecule has 0 radical (unpaired) electrons. The van der Waals surface area contributed by atoms with Gasteiger partial charge in [0.25, 0.3) is 0 Å². The molecule has 13 heteroatoms. The largest absolute Gasteiger partial charge is 0.480 e. The van der Waals surface area contributed by atoms with Gasteiger partial charge in [-0.2, -0.15) is 0 Å². The molecule has 254 valence electrons. The highest BCUT2D eigenvalue weighted by atomic mass is 31.2. The summed E-state index contributed by atoms with van der Waals surface area (Å²) in [7, 11) is -3.61. The molecule has 45 heavy (non-hydrogen) atoms. The normalized spacial score (nSPS) is 23.0. The maximum atomic E-state index is 14.3. The lowest BCUT2D eigenvalue weighted by Gasteiger charge is -2.45. The van der Waals surface area contributed by atoms with Crippen molar-refractivity contribution in [2.24, 2.45) is 0 Å². The zero-order valence-corrected chi connectivity index (χ0v) is 29.0. The fourth-order valence-corrected chi connectivity index (χ4v) is 8.80. The monoisotopic (exact) mass is 652 g/mol. The second-order valence-corrected chi connectivity index (χ2v) is 16.7. The average molecular weight is 653 g/mol. The van der Waals surface area contributed by atoms with Gasteiger partial charge in [0.05, 0.1) is 6.61 Å². The van der Waals surface area contributed by atoms with Crippen LogP contribution in [0.3, 0.4) is 0 Å². The van der Waals surface area contributed by atoms with E-state index in [9.17, 15) is 24.1 Å². The van der Waals surface area contributed by atoms with Crippen LogP contribution < -0.4 is 10.2 Å². The van der Waals surface area contributed by atoms with E-state index >= 15 is 0 Å². The first-order valence-electron chi connectivity index (χ1n) is 16.0. The Labute approximate surface area is 268 Å². The minimum atomic E-state index is -3.61. The number of hydrogen-bond acceptors (Lipinski definition) is 10. The Morgan fingerprint density at radius 3 is 2.13 bits per heavy atom. The zero-order valence-electron chi connectivity index (χ0n) is 28.1. The van der Waals surface area contributed by atoms with Crippen molar-refractivity contribution in [3.63, 3.8) is 0 Å². The molecule has 0 bridgehead atoms. The number of carboxylic acids is 1. The van der Waals surface area contributed by atoms with E-state index < -0.39 is 41.9 Å². The number of imide groups is 1. The molecule has 2 amide bonds. The number of benzene rings is 1. The molecule has 1 aromatic carbocycles. The molecule has 0 spiro atoms. The first-order chi connectivity index (χ1) is 21.0. The summed E-state index contributed by atoms with van der Waals surface area (Å²) in [5.41, 5.74) is 0.563. The number of amides is 2. The molecule has 2 unspecified atom stereocenters. The number of para-hydroxylation sites is 1. The molecule has 3 rings (SSSR count). The Morgan fingerprint density at radius 2 is 1.58 bits per heavy atom. The smallest absolute Gasteiger partial charge is 0.419 e. The molecule has 2 atom stereocenters. The van der Waals surface area contributed by atoms with E-state index in [0.717, 1.165) is 42.3 Å². The van der Waals surface area contributed by atoms with Gasteiger partial charge in [-0.05, 0) is 79.4 Å². The highest BCUT2D eigenvalue weighted by molar-refractivity contribution is 7.62. The Hall–Kier alpha value is -2.66.